The van der Waals surface area contributed by atoms with Gasteiger partial charge < -0.3 is 10.1 Å². The number of amides is 1. The largest absolute Gasteiger partial charge is 0.495 e. The Labute approximate surface area is 226 Å². The maximum atomic E-state index is 13.1. The molecule has 0 unspecified atom stereocenters. The summed E-state index contributed by atoms with van der Waals surface area (Å²) in [5, 5.41) is 13.9. The fourth-order valence-electron chi connectivity index (χ4n) is 4.18. The van der Waals surface area contributed by atoms with Crippen LogP contribution >= 0.6 is 11.8 Å². The monoisotopic (exact) mass is 548 g/mol. The SMILES string of the molecule is COc1ccccc1-n1c(CNC(=O)c2cccc3ccccc23)nnc1SCc1ccc(C(F)(F)F)cc1. The van der Waals surface area contributed by atoms with E-state index in [0.29, 0.717) is 39.3 Å². The first-order chi connectivity index (χ1) is 18.8. The van der Waals surface area contributed by atoms with Crippen LogP contribution in [0.4, 0.5) is 13.2 Å². The number of rotatable bonds is 8. The van der Waals surface area contributed by atoms with Gasteiger partial charge in [0.1, 0.15) is 5.75 Å². The van der Waals surface area contributed by atoms with Crippen molar-refractivity contribution in [3.8, 4) is 11.4 Å². The zero-order valence-electron chi connectivity index (χ0n) is 20.8. The van der Waals surface area contributed by atoms with Crippen molar-refractivity contribution in [3.05, 3.63) is 114 Å². The second-order valence-corrected chi connectivity index (χ2v) is 9.54. The number of carbonyl (C=O) groups excluding carboxylic acids is 1. The normalized spacial score (nSPS) is 11.5. The van der Waals surface area contributed by atoms with Gasteiger partial charge in [-0.15, -0.1) is 10.2 Å². The van der Waals surface area contributed by atoms with Crippen molar-refractivity contribution in [2.75, 3.05) is 7.11 Å². The van der Waals surface area contributed by atoms with Gasteiger partial charge in [-0.2, -0.15) is 13.2 Å². The molecule has 4 aromatic carbocycles. The number of hydrogen-bond donors (Lipinski definition) is 1. The van der Waals surface area contributed by atoms with Crippen LogP contribution in [0.2, 0.25) is 0 Å². The first kappa shape index (κ1) is 26.3. The number of halogens is 3. The molecule has 10 heteroatoms. The van der Waals surface area contributed by atoms with E-state index in [-0.39, 0.29) is 12.5 Å². The van der Waals surface area contributed by atoms with Crippen LogP contribution in [-0.2, 0) is 18.5 Å². The van der Waals surface area contributed by atoms with E-state index in [1.54, 1.807) is 23.8 Å². The molecule has 0 aliphatic carbocycles. The number of benzene rings is 4. The lowest BCUT2D eigenvalue weighted by molar-refractivity contribution is -0.137. The van der Waals surface area contributed by atoms with Crippen molar-refractivity contribution in [2.24, 2.45) is 0 Å². The Morgan fingerprint density at radius 1 is 0.923 bits per heavy atom. The number of ether oxygens (including phenoxy) is 1. The van der Waals surface area contributed by atoms with Crippen molar-refractivity contribution in [1.82, 2.24) is 20.1 Å². The molecule has 6 nitrogen and oxygen atoms in total. The molecule has 198 valence electrons. The average molecular weight is 549 g/mol. The third-order valence-corrected chi connectivity index (χ3v) is 7.12. The van der Waals surface area contributed by atoms with E-state index in [1.165, 1.54) is 23.9 Å². The summed E-state index contributed by atoms with van der Waals surface area (Å²) in [6.07, 6.45) is -4.39. The number of methoxy groups -OCH3 is 1. The summed E-state index contributed by atoms with van der Waals surface area (Å²) in [4.78, 5) is 13.1. The number of thioether (sulfide) groups is 1. The highest BCUT2D eigenvalue weighted by Gasteiger charge is 2.30. The van der Waals surface area contributed by atoms with E-state index >= 15 is 0 Å². The van der Waals surface area contributed by atoms with Gasteiger partial charge in [0.05, 0.1) is 24.9 Å². The number of aromatic nitrogens is 3. The lowest BCUT2D eigenvalue weighted by Crippen LogP contribution is -2.25. The van der Waals surface area contributed by atoms with Crippen LogP contribution in [-0.4, -0.2) is 27.8 Å². The lowest BCUT2D eigenvalue weighted by atomic mass is 10.0. The minimum Gasteiger partial charge on any atom is -0.495 e. The summed E-state index contributed by atoms with van der Waals surface area (Å²) in [5.41, 5.74) is 1.23. The van der Waals surface area contributed by atoms with Gasteiger partial charge in [0.15, 0.2) is 11.0 Å². The summed E-state index contributed by atoms with van der Waals surface area (Å²) in [6, 6.07) is 25.6. The number of nitrogens with zero attached hydrogens (tertiary/aromatic N) is 3. The van der Waals surface area contributed by atoms with Crippen LogP contribution < -0.4 is 10.1 Å². The number of carbonyl (C=O) groups is 1. The van der Waals surface area contributed by atoms with Gasteiger partial charge in [-0.1, -0.05) is 72.4 Å². The van der Waals surface area contributed by atoms with Crippen LogP contribution in [0.3, 0.4) is 0 Å². The fourth-order valence-corrected chi connectivity index (χ4v) is 5.10. The molecule has 0 bridgehead atoms. The molecule has 1 heterocycles. The fraction of sp³-hybridized carbons (Fsp3) is 0.138. The minimum atomic E-state index is -4.39. The molecular formula is C29H23F3N4O2S. The van der Waals surface area contributed by atoms with Gasteiger partial charge in [-0.05, 0) is 46.7 Å². The zero-order chi connectivity index (χ0) is 27.4. The molecule has 39 heavy (non-hydrogen) atoms. The van der Waals surface area contributed by atoms with Crippen molar-refractivity contribution in [3.63, 3.8) is 0 Å². The van der Waals surface area contributed by atoms with Crippen molar-refractivity contribution >= 4 is 28.4 Å². The number of alkyl halides is 3. The van der Waals surface area contributed by atoms with Crippen LogP contribution in [0, 0.1) is 0 Å². The molecule has 0 atom stereocenters. The van der Waals surface area contributed by atoms with Crippen LogP contribution in [0.5, 0.6) is 5.75 Å². The highest BCUT2D eigenvalue weighted by molar-refractivity contribution is 7.98. The van der Waals surface area contributed by atoms with E-state index in [4.69, 9.17) is 4.74 Å². The Bertz CT molecular complexity index is 1610. The van der Waals surface area contributed by atoms with Crippen molar-refractivity contribution in [2.45, 2.75) is 23.6 Å². The van der Waals surface area contributed by atoms with Gasteiger partial charge >= 0.3 is 6.18 Å². The van der Waals surface area contributed by atoms with Gasteiger partial charge in [0.2, 0.25) is 0 Å². The molecular weight excluding hydrogens is 525 g/mol. The molecule has 1 N–H and O–H groups in total. The van der Waals surface area contributed by atoms with E-state index in [9.17, 15) is 18.0 Å². The van der Waals surface area contributed by atoms with Gasteiger partial charge in [0.25, 0.3) is 5.91 Å². The standard InChI is InChI=1S/C29H23F3N4O2S/c1-38-25-12-5-4-11-24(25)36-26(17-33-27(37)23-10-6-8-20-7-2-3-9-22(20)23)34-35-28(36)39-18-19-13-15-21(16-14-19)29(30,31)32/h2-16H,17-18H2,1H3,(H,33,37). The van der Waals surface area contributed by atoms with E-state index in [2.05, 4.69) is 15.5 Å². The molecule has 1 aromatic heterocycles. The molecule has 5 aromatic rings. The first-order valence-electron chi connectivity index (χ1n) is 12.0. The summed E-state index contributed by atoms with van der Waals surface area (Å²) >= 11 is 1.32. The summed E-state index contributed by atoms with van der Waals surface area (Å²) in [6.45, 7) is 0.0912. The van der Waals surface area contributed by atoms with Gasteiger partial charge in [-0.3, -0.25) is 9.36 Å². The maximum Gasteiger partial charge on any atom is 0.416 e. The maximum absolute atomic E-state index is 13.1. The molecule has 0 aliphatic heterocycles. The average Bonchev–Trinajstić information content (AvgIpc) is 3.36. The number of para-hydroxylation sites is 2. The highest BCUT2D eigenvalue weighted by atomic mass is 32.2. The first-order valence-corrected chi connectivity index (χ1v) is 13.0. The topological polar surface area (TPSA) is 69.0 Å². The molecule has 0 radical (unpaired) electrons. The molecule has 0 saturated carbocycles. The van der Waals surface area contributed by atoms with Crippen LogP contribution in [0.25, 0.3) is 16.5 Å². The van der Waals surface area contributed by atoms with Gasteiger partial charge in [0, 0.05) is 11.3 Å². The second-order valence-electron chi connectivity index (χ2n) is 8.60. The van der Waals surface area contributed by atoms with Crippen LogP contribution in [0.1, 0.15) is 27.3 Å². The quantitative estimate of drug-likeness (QED) is 0.219. The Kier molecular flexibility index (Phi) is 7.56. The van der Waals surface area contributed by atoms with Crippen molar-refractivity contribution < 1.29 is 22.7 Å². The van der Waals surface area contributed by atoms with E-state index in [0.717, 1.165) is 22.9 Å². The summed E-state index contributed by atoms with van der Waals surface area (Å²) in [5.74, 6) is 1.17. The Hall–Kier alpha value is -4.31. The third-order valence-electron chi connectivity index (χ3n) is 6.12. The van der Waals surface area contributed by atoms with E-state index in [1.807, 2.05) is 54.6 Å². The Balaban J connectivity index is 1.41. The third kappa shape index (κ3) is 5.75. The molecule has 0 saturated heterocycles. The Morgan fingerprint density at radius 3 is 2.41 bits per heavy atom. The smallest absolute Gasteiger partial charge is 0.416 e. The highest BCUT2D eigenvalue weighted by Crippen LogP contribution is 2.32. The van der Waals surface area contributed by atoms with Gasteiger partial charge in [-0.25, -0.2) is 0 Å². The zero-order valence-corrected chi connectivity index (χ0v) is 21.6. The minimum absolute atomic E-state index is 0.0912. The molecule has 0 aliphatic rings. The number of hydrogen-bond acceptors (Lipinski definition) is 5. The van der Waals surface area contributed by atoms with Crippen LogP contribution in [0.15, 0.2) is 96.2 Å². The summed E-state index contributed by atoms with van der Waals surface area (Å²) < 4.78 is 46.1. The van der Waals surface area contributed by atoms with Crippen molar-refractivity contribution in [1.29, 1.82) is 0 Å². The molecule has 1 amide bonds. The second kappa shape index (κ2) is 11.2. The summed E-state index contributed by atoms with van der Waals surface area (Å²) in [7, 11) is 1.56. The van der Waals surface area contributed by atoms with E-state index < -0.39 is 11.7 Å². The Morgan fingerprint density at radius 2 is 1.64 bits per heavy atom. The number of nitrogens with one attached hydrogen (secondary N) is 1. The predicted octanol–water partition coefficient (Wildman–Crippen LogP) is 6.67. The number of fused-ring (bicyclic) bond motifs is 1. The molecule has 5 rings (SSSR count). The molecule has 0 spiro atoms. The molecule has 0 fully saturated rings. The predicted molar refractivity (Wildman–Crippen MR) is 144 cm³/mol. The lowest BCUT2D eigenvalue weighted by Gasteiger charge is -2.14.